The van der Waals surface area contributed by atoms with E-state index in [1.165, 1.54) is 4.68 Å². The van der Waals surface area contributed by atoms with Gasteiger partial charge in [0.05, 0.1) is 17.5 Å². The number of rotatable bonds is 4. The highest BCUT2D eigenvalue weighted by Gasteiger charge is 2.15. The van der Waals surface area contributed by atoms with Crippen molar-refractivity contribution in [2.24, 2.45) is 12.8 Å². The molecule has 1 aromatic heterocycles. The summed E-state index contributed by atoms with van der Waals surface area (Å²) in [5.74, 6) is -0.162. The van der Waals surface area contributed by atoms with E-state index in [2.05, 4.69) is 10.4 Å². The van der Waals surface area contributed by atoms with E-state index in [1.54, 1.807) is 25.2 Å². The Labute approximate surface area is 122 Å². The van der Waals surface area contributed by atoms with E-state index in [9.17, 15) is 9.59 Å². The molecule has 0 fully saturated rings. The molecule has 0 unspecified atom stereocenters. The van der Waals surface area contributed by atoms with Gasteiger partial charge in [0, 0.05) is 24.5 Å². The second kappa shape index (κ2) is 5.65. The molecule has 0 bridgehead atoms. The van der Waals surface area contributed by atoms with Crippen molar-refractivity contribution in [3.63, 3.8) is 0 Å². The van der Waals surface area contributed by atoms with Crippen LogP contribution in [0.2, 0.25) is 0 Å². The second-order valence-corrected chi connectivity index (χ2v) is 5.86. The van der Waals surface area contributed by atoms with Gasteiger partial charge in [-0.3, -0.25) is 9.59 Å². The summed E-state index contributed by atoms with van der Waals surface area (Å²) in [6, 6.07) is 7.17. The van der Waals surface area contributed by atoms with E-state index >= 15 is 0 Å². The van der Waals surface area contributed by atoms with Crippen LogP contribution in [-0.4, -0.2) is 27.8 Å². The molecule has 6 heteroatoms. The van der Waals surface area contributed by atoms with Crippen LogP contribution in [0.3, 0.4) is 0 Å². The Morgan fingerprint density at radius 2 is 1.95 bits per heavy atom. The molecule has 2 aromatic rings. The number of benzene rings is 1. The molecule has 2 rings (SSSR count). The molecule has 0 atom stereocenters. The summed E-state index contributed by atoms with van der Waals surface area (Å²) in [7, 11) is 1.58. The topological polar surface area (TPSA) is 90.0 Å². The van der Waals surface area contributed by atoms with Crippen molar-refractivity contribution in [2.75, 3.05) is 6.54 Å². The van der Waals surface area contributed by atoms with Crippen molar-refractivity contribution in [1.29, 1.82) is 0 Å². The first-order chi connectivity index (χ1) is 9.78. The minimum absolute atomic E-state index is 0.116. The largest absolute Gasteiger partial charge is 0.354 e. The lowest BCUT2D eigenvalue weighted by molar-refractivity contribution is -0.120. The van der Waals surface area contributed by atoms with E-state index in [1.807, 2.05) is 19.9 Å². The molecule has 0 aliphatic rings. The number of aryl methyl sites for hydroxylation is 1. The van der Waals surface area contributed by atoms with E-state index in [-0.39, 0.29) is 17.9 Å². The third kappa shape index (κ3) is 3.66. The third-order valence-electron chi connectivity index (χ3n) is 3.10. The van der Waals surface area contributed by atoms with Crippen molar-refractivity contribution in [1.82, 2.24) is 15.1 Å². The number of nitrogens with one attached hydrogen (secondary N) is 1. The Morgan fingerprint density at radius 1 is 1.33 bits per heavy atom. The van der Waals surface area contributed by atoms with Crippen molar-refractivity contribution >= 4 is 16.7 Å². The molecule has 0 aliphatic heterocycles. The van der Waals surface area contributed by atoms with Crippen molar-refractivity contribution < 1.29 is 4.79 Å². The predicted octanol–water partition coefficient (Wildman–Crippen LogP) is 0.330. The fraction of sp³-hybridized carbons (Fsp3) is 0.400. The summed E-state index contributed by atoms with van der Waals surface area (Å²) in [4.78, 5) is 24.0. The SMILES string of the molecule is Cn1nc(CC(=O)NCC(C)(C)N)c2ccccc2c1=O. The first-order valence-electron chi connectivity index (χ1n) is 6.78. The highest BCUT2D eigenvalue weighted by Crippen LogP contribution is 2.13. The van der Waals surface area contributed by atoms with Crippen LogP contribution >= 0.6 is 0 Å². The quantitative estimate of drug-likeness (QED) is 0.848. The van der Waals surface area contributed by atoms with Crippen LogP contribution < -0.4 is 16.6 Å². The molecule has 0 aliphatic carbocycles. The molecule has 21 heavy (non-hydrogen) atoms. The maximum atomic E-state index is 12.0. The molecule has 3 N–H and O–H groups in total. The lowest BCUT2D eigenvalue weighted by atomic mass is 10.1. The van der Waals surface area contributed by atoms with Crippen LogP contribution in [0.25, 0.3) is 10.8 Å². The lowest BCUT2D eigenvalue weighted by Crippen LogP contribution is -2.45. The number of hydrogen-bond acceptors (Lipinski definition) is 4. The Balaban J connectivity index is 2.29. The maximum absolute atomic E-state index is 12.0. The van der Waals surface area contributed by atoms with Gasteiger partial charge in [0.15, 0.2) is 0 Å². The monoisotopic (exact) mass is 288 g/mol. The Bertz CT molecular complexity index is 729. The minimum atomic E-state index is -0.464. The molecule has 6 nitrogen and oxygen atoms in total. The normalized spacial score (nSPS) is 11.6. The number of carbonyl (C=O) groups excluding carboxylic acids is 1. The summed E-state index contributed by atoms with van der Waals surface area (Å²) in [5.41, 5.74) is 5.79. The van der Waals surface area contributed by atoms with Gasteiger partial charge < -0.3 is 11.1 Å². The minimum Gasteiger partial charge on any atom is -0.354 e. The van der Waals surface area contributed by atoms with E-state index in [4.69, 9.17) is 5.73 Å². The molecule has 0 spiro atoms. The Kier molecular flexibility index (Phi) is 4.09. The zero-order valence-corrected chi connectivity index (χ0v) is 12.5. The number of fused-ring (bicyclic) bond motifs is 1. The fourth-order valence-corrected chi connectivity index (χ4v) is 2.05. The molecular formula is C15H20N4O2. The van der Waals surface area contributed by atoms with Crippen LogP contribution in [0.5, 0.6) is 0 Å². The van der Waals surface area contributed by atoms with Gasteiger partial charge in [0.25, 0.3) is 5.56 Å². The molecule has 1 aromatic carbocycles. The zero-order valence-electron chi connectivity index (χ0n) is 12.5. The molecule has 0 saturated carbocycles. The molecule has 0 radical (unpaired) electrons. The summed E-state index contributed by atoms with van der Waals surface area (Å²) in [6.07, 6.45) is 0.116. The number of amides is 1. The number of nitrogens with two attached hydrogens (primary N) is 1. The van der Waals surface area contributed by atoms with E-state index < -0.39 is 5.54 Å². The van der Waals surface area contributed by atoms with Crippen LogP contribution in [0.1, 0.15) is 19.5 Å². The van der Waals surface area contributed by atoms with Gasteiger partial charge in [-0.25, -0.2) is 4.68 Å². The highest BCUT2D eigenvalue weighted by molar-refractivity contribution is 5.88. The summed E-state index contributed by atoms with van der Waals surface area (Å²) in [5, 5.41) is 8.25. The summed E-state index contributed by atoms with van der Waals surface area (Å²) in [6.45, 7) is 4.07. The van der Waals surface area contributed by atoms with Gasteiger partial charge in [0.1, 0.15) is 0 Å². The van der Waals surface area contributed by atoms with Gasteiger partial charge in [0.2, 0.25) is 5.91 Å². The molecule has 1 heterocycles. The standard InChI is InChI=1S/C15H20N4O2/c1-15(2,16)9-17-13(20)8-12-10-6-4-5-7-11(10)14(21)19(3)18-12/h4-7H,8-9,16H2,1-3H3,(H,17,20). The number of nitrogens with zero attached hydrogens (tertiary/aromatic N) is 2. The van der Waals surface area contributed by atoms with Gasteiger partial charge in [-0.2, -0.15) is 5.10 Å². The highest BCUT2D eigenvalue weighted by atomic mass is 16.1. The number of hydrogen-bond donors (Lipinski definition) is 2. The first-order valence-corrected chi connectivity index (χ1v) is 6.78. The lowest BCUT2D eigenvalue weighted by Gasteiger charge is -2.19. The van der Waals surface area contributed by atoms with Crippen LogP contribution in [0.4, 0.5) is 0 Å². The first kappa shape index (κ1) is 15.2. The van der Waals surface area contributed by atoms with Gasteiger partial charge in [-0.15, -0.1) is 0 Å². The average Bonchev–Trinajstić information content (AvgIpc) is 2.42. The van der Waals surface area contributed by atoms with Crippen LogP contribution in [0, 0.1) is 0 Å². The van der Waals surface area contributed by atoms with Crippen LogP contribution in [0.15, 0.2) is 29.1 Å². The van der Waals surface area contributed by atoms with Gasteiger partial charge >= 0.3 is 0 Å². The molecule has 0 saturated heterocycles. The van der Waals surface area contributed by atoms with Crippen molar-refractivity contribution in [3.05, 3.63) is 40.3 Å². The average molecular weight is 288 g/mol. The summed E-state index contributed by atoms with van der Waals surface area (Å²) >= 11 is 0. The van der Waals surface area contributed by atoms with Gasteiger partial charge in [-0.05, 0) is 19.9 Å². The van der Waals surface area contributed by atoms with E-state index in [0.29, 0.717) is 23.0 Å². The Morgan fingerprint density at radius 3 is 2.57 bits per heavy atom. The van der Waals surface area contributed by atoms with Gasteiger partial charge in [-0.1, -0.05) is 18.2 Å². The smallest absolute Gasteiger partial charge is 0.274 e. The third-order valence-corrected chi connectivity index (χ3v) is 3.10. The molecular weight excluding hydrogens is 268 g/mol. The maximum Gasteiger partial charge on any atom is 0.274 e. The molecule has 112 valence electrons. The van der Waals surface area contributed by atoms with Crippen molar-refractivity contribution in [3.8, 4) is 0 Å². The zero-order chi connectivity index (χ0) is 15.6. The number of carbonyl (C=O) groups is 1. The van der Waals surface area contributed by atoms with E-state index in [0.717, 1.165) is 0 Å². The number of aromatic nitrogens is 2. The molecule has 1 amide bonds. The summed E-state index contributed by atoms with van der Waals surface area (Å²) < 4.78 is 1.26. The predicted molar refractivity (Wildman–Crippen MR) is 82.0 cm³/mol. The van der Waals surface area contributed by atoms with Crippen molar-refractivity contribution in [2.45, 2.75) is 25.8 Å². The Hall–Kier alpha value is -2.21. The second-order valence-electron chi connectivity index (χ2n) is 5.86. The van der Waals surface area contributed by atoms with Crippen LogP contribution in [-0.2, 0) is 18.3 Å². The fourth-order valence-electron chi connectivity index (χ4n) is 2.05.